The van der Waals surface area contributed by atoms with E-state index in [1.807, 2.05) is 30.3 Å². The highest BCUT2D eigenvalue weighted by atomic mass is 16.7. The van der Waals surface area contributed by atoms with Crippen molar-refractivity contribution in [1.29, 1.82) is 0 Å². The lowest BCUT2D eigenvalue weighted by molar-refractivity contribution is 0.174. The summed E-state index contributed by atoms with van der Waals surface area (Å²) in [5.74, 6) is 1.21. The number of allylic oxidation sites excluding steroid dienone is 3. The van der Waals surface area contributed by atoms with E-state index in [1.165, 1.54) is 0 Å². The monoisotopic (exact) mass is 319 g/mol. The first-order chi connectivity index (χ1) is 11.7. The number of phenols is 1. The van der Waals surface area contributed by atoms with Crippen molar-refractivity contribution < 1.29 is 14.6 Å². The van der Waals surface area contributed by atoms with Crippen LogP contribution >= 0.6 is 0 Å². The van der Waals surface area contributed by atoms with Crippen LogP contribution in [-0.4, -0.2) is 11.9 Å². The van der Waals surface area contributed by atoms with Gasteiger partial charge in [0.2, 0.25) is 6.79 Å². The molecule has 0 fully saturated rings. The minimum Gasteiger partial charge on any atom is -0.507 e. The smallest absolute Gasteiger partial charge is 0.231 e. The van der Waals surface area contributed by atoms with Crippen molar-refractivity contribution in [3.05, 3.63) is 84.1 Å². The van der Waals surface area contributed by atoms with Crippen molar-refractivity contribution in [3.8, 4) is 17.2 Å². The van der Waals surface area contributed by atoms with Crippen LogP contribution in [0.25, 0.3) is 0 Å². The average Bonchev–Trinajstić information content (AvgIpc) is 3.06. The standard InChI is InChI=1S/C20H17NO3/c1-3-12-15(4-2)21-16-8-6-5-7-13(16)20(12)14-9-18-19(10-17(14)22)24-11-23-18/h3-10,20-22H,1-2,11H2. The first-order valence-corrected chi connectivity index (χ1v) is 7.70. The van der Waals surface area contributed by atoms with Gasteiger partial charge in [0.15, 0.2) is 11.5 Å². The van der Waals surface area contributed by atoms with Gasteiger partial charge in [-0.1, -0.05) is 37.4 Å². The quantitative estimate of drug-likeness (QED) is 0.885. The lowest BCUT2D eigenvalue weighted by Gasteiger charge is -2.30. The molecule has 2 N–H and O–H groups in total. The van der Waals surface area contributed by atoms with Gasteiger partial charge in [0.1, 0.15) is 5.75 Å². The van der Waals surface area contributed by atoms with Crippen LogP contribution in [0.4, 0.5) is 5.69 Å². The molecule has 1 atom stereocenters. The molecule has 24 heavy (non-hydrogen) atoms. The van der Waals surface area contributed by atoms with Gasteiger partial charge in [0.05, 0.1) is 0 Å². The van der Waals surface area contributed by atoms with Crippen LogP contribution in [0.3, 0.4) is 0 Å². The highest BCUT2D eigenvalue weighted by molar-refractivity contribution is 5.70. The SMILES string of the molecule is C=CC1=C(C=C)C(c2cc3c(cc2O)OCO3)c2ccccc2N1. The number of benzene rings is 2. The van der Waals surface area contributed by atoms with Gasteiger partial charge in [-0.2, -0.15) is 0 Å². The lowest BCUT2D eigenvalue weighted by atomic mass is 9.80. The second-order valence-corrected chi connectivity index (χ2v) is 5.69. The second-order valence-electron chi connectivity index (χ2n) is 5.69. The van der Waals surface area contributed by atoms with Gasteiger partial charge < -0.3 is 19.9 Å². The van der Waals surface area contributed by atoms with Crippen molar-refractivity contribution in [2.24, 2.45) is 0 Å². The summed E-state index contributed by atoms with van der Waals surface area (Å²) in [4.78, 5) is 0. The molecule has 4 rings (SSSR count). The molecular formula is C20H17NO3. The molecule has 2 aliphatic rings. The predicted molar refractivity (Wildman–Crippen MR) is 93.6 cm³/mol. The molecule has 1 unspecified atom stereocenters. The molecule has 0 bridgehead atoms. The van der Waals surface area contributed by atoms with E-state index in [-0.39, 0.29) is 18.5 Å². The average molecular weight is 319 g/mol. The van der Waals surface area contributed by atoms with Gasteiger partial charge in [0, 0.05) is 28.9 Å². The Hall–Kier alpha value is -3.14. The van der Waals surface area contributed by atoms with Crippen molar-refractivity contribution in [2.45, 2.75) is 5.92 Å². The lowest BCUT2D eigenvalue weighted by Crippen LogP contribution is -2.17. The number of ether oxygens (including phenoxy) is 2. The van der Waals surface area contributed by atoms with Gasteiger partial charge in [0.25, 0.3) is 0 Å². The molecule has 0 spiro atoms. The Morgan fingerprint density at radius 2 is 1.79 bits per heavy atom. The van der Waals surface area contributed by atoms with Crippen molar-refractivity contribution in [3.63, 3.8) is 0 Å². The Kier molecular flexibility index (Phi) is 3.31. The van der Waals surface area contributed by atoms with Crippen LogP contribution in [0.5, 0.6) is 17.2 Å². The van der Waals surface area contributed by atoms with Crippen LogP contribution < -0.4 is 14.8 Å². The van der Waals surface area contributed by atoms with E-state index in [2.05, 4.69) is 18.5 Å². The Labute approximate surface area is 140 Å². The third kappa shape index (κ3) is 2.07. The summed E-state index contributed by atoms with van der Waals surface area (Å²) in [7, 11) is 0. The molecular weight excluding hydrogens is 302 g/mol. The minimum atomic E-state index is -0.164. The Morgan fingerprint density at radius 3 is 2.54 bits per heavy atom. The third-order valence-corrected chi connectivity index (χ3v) is 4.42. The Balaban J connectivity index is 1.97. The molecule has 0 saturated carbocycles. The third-order valence-electron chi connectivity index (χ3n) is 4.42. The maximum absolute atomic E-state index is 10.6. The molecule has 0 saturated heterocycles. The second kappa shape index (κ2) is 5.49. The number of para-hydroxylation sites is 1. The van der Waals surface area contributed by atoms with Crippen LogP contribution in [-0.2, 0) is 0 Å². The highest BCUT2D eigenvalue weighted by Gasteiger charge is 2.30. The first-order valence-electron chi connectivity index (χ1n) is 7.70. The summed E-state index contributed by atoms with van der Waals surface area (Å²) in [5, 5.41) is 14.0. The van der Waals surface area contributed by atoms with Gasteiger partial charge >= 0.3 is 0 Å². The van der Waals surface area contributed by atoms with E-state index in [1.54, 1.807) is 18.2 Å². The predicted octanol–water partition coefficient (Wildman–Crippen LogP) is 4.30. The topological polar surface area (TPSA) is 50.7 Å². The Bertz CT molecular complexity index is 882. The summed E-state index contributed by atoms with van der Waals surface area (Å²) in [5.41, 5.74) is 4.64. The number of aromatic hydroxyl groups is 1. The fourth-order valence-electron chi connectivity index (χ4n) is 3.31. The zero-order valence-electron chi connectivity index (χ0n) is 13.1. The number of fused-ring (bicyclic) bond motifs is 2. The number of rotatable bonds is 3. The summed E-state index contributed by atoms with van der Waals surface area (Å²) in [6.45, 7) is 8.01. The molecule has 0 amide bonds. The molecule has 2 aliphatic heterocycles. The summed E-state index contributed by atoms with van der Waals surface area (Å²) >= 11 is 0. The first kappa shape index (κ1) is 14.5. The maximum atomic E-state index is 10.6. The van der Waals surface area contributed by atoms with E-state index in [0.717, 1.165) is 28.1 Å². The number of hydrogen-bond donors (Lipinski definition) is 2. The Morgan fingerprint density at radius 1 is 1.04 bits per heavy atom. The van der Waals surface area contributed by atoms with E-state index < -0.39 is 0 Å². The number of hydrogen-bond acceptors (Lipinski definition) is 4. The summed E-state index contributed by atoms with van der Waals surface area (Å²) in [6, 6.07) is 11.5. The minimum absolute atomic E-state index is 0.164. The fraction of sp³-hybridized carbons (Fsp3) is 0.100. The van der Waals surface area contributed by atoms with Crippen LogP contribution in [0.2, 0.25) is 0 Å². The van der Waals surface area contributed by atoms with E-state index >= 15 is 0 Å². The normalized spacial score (nSPS) is 17.9. The van der Waals surface area contributed by atoms with E-state index in [0.29, 0.717) is 11.5 Å². The zero-order chi connectivity index (χ0) is 16.7. The zero-order valence-corrected chi connectivity index (χ0v) is 13.1. The van der Waals surface area contributed by atoms with Gasteiger partial charge in [-0.25, -0.2) is 0 Å². The van der Waals surface area contributed by atoms with Crippen LogP contribution in [0.15, 0.2) is 73.0 Å². The molecule has 2 aromatic rings. The van der Waals surface area contributed by atoms with Crippen LogP contribution in [0.1, 0.15) is 17.0 Å². The van der Waals surface area contributed by atoms with E-state index in [4.69, 9.17) is 9.47 Å². The molecule has 4 nitrogen and oxygen atoms in total. The fourth-order valence-corrected chi connectivity index (χ4v) is 3.31. The maximum Gasteiger partial charge on any atom is 0.231 e. The van der Waals surface area contributed by atoms with Crippen molar-refractivity contribution in [2.75, 3.05) is 12.1 Å². The van der Waals surface area contributed by atoms with Crippen LogP contribution in [0, 0.1) is 0 Å². The molecule has 2 aromatic carbocycles. The molecule has 2 heterocycles. The van der Waals surface area contributed by atoms with E-state index in [9.17, 15) is 5.11 Å². The highest BCUT2D eigenvalue weighted by Crippen LogP contribution is 2.48. The molecule has 0 aliphatic carbocycles. The van der Waals surface area contributed by atoms with Crippen molar-refractivity contribution in [1.82, 2.24) is 0 Å². The van der Waals surface area contributed by atoms with Gasteiger partial charge in [-0.3, -0.25) is 0 Å². The largest absolute Gasteiger partial charge is 0.507 e. The molecule has 0 radical (unpaired) electrons. The van der Waals surface area contributed by atoms with Gasteiger partial charge in [-0.15, -0.1) is 0 Å². The molecule has 120 valence electrons. The van der Waals surface area contributed by atoms with Gasteiger partial charge in [-0.05, 0) is 29.3 Å². The molecule has 0 aromatic heterocycles. The number of anilines is 1. The van der Waals surface area contributed by atoms with Crippen molar-refractivity contribution >= 4 is 5.69 Å². The number of phenolic OH excluding ortho intramolecular Hbond substituents is 1. The molecule has 4 heteroatoms. The summed E-state index contributed by atoms with van der Waals surface area (Å²) in [6.07, 6.45) is 3.57. The summed E-state index contributed by atoms with van der Waals surface area (Å²) < 4.78 is 10.8. The number of nitrogens with one attached hydrogen (secondary N) is 1.